The number of ketones is 1. The van der Waals surface area contributed by atoms with E-state index in [1.165, 1.54) is 0 Å². The van der Waals surface area contributed by atoms with Crippen LogP contribution in [0.3, 0.4) is 0 Å². The number of anilines is 1. The first-order chi connectivity index (χ1) is 16.4. The highest BCUT2D eigenvalue weighted by atomic mass is 16.5. The molecule has 0 saturated carbocycles. The summed E-state index contributed by atoms with van der Waals surface area (Å²) in [6.45, 7) is 3.64. The highest BCUT2D eigenvalue weighted by Gasteiger charge is 2.17. The Kier molecular flexibility index (Phi) is 8.70. The molecule has 3 N–H and O–H groups in total. The highest BCUT2D eigenvalue weighted by Crippen LogP contribution is 2.31. The predicted octanol–water partition coefficient (Wildman–Crippen LogP) is 4.97. The Hall–Kier alpha value is -3.78. The largest absolute Gasteiger partial charge is 0.361 e. The van der Waals surface area contributed by atoms with Crippen LogP contribution in [0.2, 0.25) is 0 Å². The molecule has 0 aliphatic heterocycles. The SMILES string of the molecule is Cc1noc(C)c1-c1cc(NC(=O)CCCCCCC(=O)NO)cc(C(=O)c2ccccc2)c1. The Bertz CT molecular complexity index is 1130. The monoisotopic (exact) mass is 463 g/mol. The van der Waals surface area contributed by atoms with Crippen molar-refractivity contribution in [3.63, 3.8) is 0 Å². The Morgan fingerprint density at radius 3 is 2.18 bits per heavy atom. The summed E-state index contributed by atoms with van der Waals surface area (Å²) in [6.07, 6.45) is 3.49. The van der Waals surface area contributed by atoms with Crippen LogP contribution in [-0.2, 0) is 9.59 Å². The maximum atomic E-state index is 13.1. The van der Waals surface area contributed by atoms with Gasteiger partial charge in [0.25, 0.3) is 0 Å². The molecule has 0 aliphatic carbocycles. The van der Waals surface area contributed by atoms with Crippen LogP contribution in [-0.4, -0.2) is 28.0 Å². The van der Waals surface area contributed by atoms with Crippen molar-refractivity contribution in [3.8, 4) is 11.1 Å². The van der Waals surface area contributed by atoms with E-state index in [2.05, 4.69) is 10.5 Å². The smallest absolute Gasteiger partial charge is 0.243 e. The molecule has 178 valence electrons. The van der Waals surface area contributed by atoms with Crippen molar-refractivity contribution in [1.82, 2.24) is 10.6 Å². The van der Waals surface area contributed by atoms with E-state index in [-0.39, 0.29) is 18.1 Å². The third-order valence-electron chi connectivity index (χ3n) is 5.52. The second-order valence-corrected chi connectivity index (χ2v) is 8.19. The number of aromatic nitrogens is 1. The molecule has 1 aromatic heterocycles. The molecule has 0 aliphatic rings. The summed E-state index contributed by atoms with van der Waals surface area (Å²) in [7, 11) is 0. The minimum Gasteiger partial charge on any atom is -0.361 e. The van der Waals surface area contributed by atoms with Gasteiger partial charge in [-0.2, -0.15) is 0 Å². The first kappa shape index (κ1) is 24.9. The van der Waals surface area contributed by atoms with Gasteiger partial charge in [0.2, 0.25) is 11.8 Å². The summed E-state index contributed by atoms with van der Waals surface area (Å²) >= 11 is 0. The molecule has 34 heavy (non-hydrogen) atoms. The zero-order valence-corrected chi connectivity index (χ0v) is 19.4. The maximum Gasteiger partial charge on any atom is 0.243 e. The second-order valence-electron chi connectivity index (χ2n) is 8.19. The van der Waals surface area contributed by atoms with E-state index in [1.54, 1.807) is 29.7 Å². The molecule has 0 atom stereocenters. The van der Waals surface area contributed by atoms with Crippen LogP contribution in [0.1, 0.15) is 65.9 Å². The van der Waals surface area contributed by atoms with Crippen molar-refractivity contribution in [3.05, 3.63) is 71.1 Å². The lowest BCUT2D eigenvalue weighted by Crippen LogP contribution is -2.17. The van der Waals surface area contributed by atoms with Crippen LogP contribution in [0, 0.1) is 13.8 Å². The molecular formula is C26H29N3O5. The number of unbranched alkanes of at least 4 members (excludes halogenated alkanes) is 3. The molecule has 3 rings (SSSR count). The molecule has 3 aromatic rings. The normalized spacial score (nSPS) is 10.7. The molecule has 0 spiro atoms. The van der Waals surface area contributed by atoms with Gasteiger partial charge < -0.3 is 9.84 Å². The molecule has 0 bridgehead atoms. The van der Waals surface area contributed by atoms with Gasteiger partial charge in [-0.3, -0.25) is 19.6 Å². The number of carbonyl (C=O) groups is 3. The lowest BCUT2D eigenvalue weighted by Gasteiger charge is -2.11. The van der Waals surface area contributed by atoms with Crippen molar-refractivity contribution in [2.75, 3.05) is 5.32 Å². The fourth-order valence-electron chi connectivity index (χ4n) is 3.83. The fourth-order valence-corrected chi connectivity index (χ4v) is 3.83. The van der Waals surface area contributed by atoms with E-state index in [0.717, 1.165) is 24.0 Å². The lowest BCUT2D eigenvalue weighted by molar-refractivity contribution is -0.129. The molecule has 0 unspecified atom stereocenters. The number of hydrogen-bond donors (Lipinski definition) is 3. The maximum absolute atomic E-state index is 13.1. The van der Waals surface area contributed by atoms with Crippen LogP contribution < -0.4 is 10.8 Å². The topological polar surface area (TPSA) is 122 Å². The summed E-state index contributed by atoms with van der Waals surface area (Å²) in [5.74, 6) is -0.0653. The average molecular weight is 464 g/mol. The van der Waals surface area contributed by atoms with Gasteiger partial charge >= 0.3 is 0 Å². The number of nitrogens with zero attached hydrogens (tertiary/aromatic N) is 1. The molecule has 8 heteroatoms. The molecule has 2 aromatic carbocycles. The number of nitrogens with one attached hydrogen (secondary N) is 2. The van der Waals surface area contributed by atoms with Crippen LogP contribution >= 0.6 is 0 Å². The van der Waals surface area contributed by atoms with Crippen LogP contribution in [0.25, 0.3) is 11.1 Å². The molecule has 2 amide bonds. The first-order valence-electron chi connectivity index (χ1n) is 11.3. The molecule has 0 radical (unpaired) electrons. The van der Waals surface area contributed by atoms with Crippen molar-refractivity contribution >= 4 is 23.3 Å². The van der Waals surface area contributed by atoms with E-state index < -0.39 is 5.91 Å². The summed E-state index contributed by atoms with van der Waals surface area (Å²) in [4.78, 5) is 36.7. The molecule has 0 saturated heterocycles. The van der Waals surface area contributed by atoms with Gasteiger partial charge in [0, 0.05) is 35.2 Å². The van der Waals surface area contributed by atoms with Crippen molar-refractivity contribution < 1.29 is 24.1 Å². The quantitative estimate of drug-likeness (QED) is 0.160. The van der Waals surface area contributed by atoms with Crippen LogP contribution in [0.15, 0.2) is 53.1 Å². The van der Waals surface area contributed by atoms with Gasteiger partial charge in [0.05, 0.1) is 5.69 Å². The summed E-state index contributed by atoms with van der Waals surface area (Å²) < 4.78 is 5.30. The number of benzene rings is 2. The summed E-state index contributed by atoms with van der Waals surface area (Å²) in [6, 6.07) is 14.3. The number of hydrogen-bond acceptors (Lipinski definition) is 6. The molecule has 8 nitrogen and oxygen atoms in total. The van der Waals surface area contributed by atoms with E-state index in [4.69, 9.17) is 9.73 Å². The first-order valence-corrected chi connectivity index (χ1v) is 11.3. The minimum absolute atomic E-state index is 0.142. The van der Waals surface area contributed by atoms with E-state index in [0.29, 0.717) is 47.5 Å². The van der Waals surface area contributed by atoms with Crippen molar-refractivity contribution in [2.45, 2.75) is 52.4 Å². The number of carbonyl (C=O) groups excluding carboxylic acids is 3. The third kappa shape index (κ3) is 6.62. The van der Waals surface area contributed by atoms with Gasteiger partial charge in [-0.1, -0.05) is 48.3 Å². The van der Waals surface area contributed by atoms with Crippen molar-refractivity contribution in [2.24, 2.45) is 0 Å². The van der Waals surface area contributed by atoms with Gasteiger partial charge in [0.15, 0.2) is 5.78 Å². The van der Waals surface area contributed by atoms with Gasteiger partial charge in [-0.05, 0) is 50.5 Å². The number of amides is 2. The fraction of sp³-hybridized carbons (Fsp3) is 0.308. The number of aryl methyl sites for hydroxylation is 2. The van der Waals surface area contributed by atoms with Crippen LogP contribution in [0.5, 0.6) is 0 Å². The molecular weight excluding hydrogens is 434 g/mol. The highest BCUT2D eigenvalue weighted by molar-refractivity contribution is 6.10. The Labute approximate surface area is 198 Å². The summed E-state index contributed by atoms with van der Waals surface area (Å²) in [5, 5.41) is 15.4. The van der Waals surface area contributed by atoms with E-state index >= 15 is 0 Å². The van der Waals surface area contributed by atoms with Gasteiger partial charge in [-0.15, -0.1) is 0 Å². The van der Waals surface area contributed by atoms with Crippen molar-refractivity contribution in [1.29, 1.82) is 0 Å². The van der Waals surface area contributed by atoms with Gasteiger partial charge in [-0.25, -0.2) is 5.48 Å². The standard InChI is InChI=1S/C26H29N3O5/c1-17-25(18(2)34-29-17)20-14-21(26(32)19-10-6-5-7-11-19)16-22(15-20)27-23(30)12-8-3-4-9-13-24(31)28-33/h5-7,10-11,14-16,33H,3-4,8-9,12-13H2,1-2H3,(H,27,30)(H,28,31). The Morgan fingerprint density at radius 2 is 1.56 bits per heavy atom. The average Bonchev–Trinajstić information content (AvgIpc) is 3.18. The second kappa shape index (κ2) is 11.9. The number of rotatable bonds is 11. The van der Waals surface area contributed by atoms with Crippen LogP contribution in [0.4, 0.5) is 5.69 Å². The predicted molar refractivity (Wildman–Crippen MR) is 128 cm³/mol. The zero-order chi connectivity index (χ0) is 24.5. The lowest BCUT2D eigenvalue weighted by atomic mass is 9.96. The molecule has 1 heterocycles. The zero-order valence-electron chi connectivity index (χ0n) is 19.4. The Morgan fingerprint density at radius 1 is 0.882 bits per heavy atom. The summed E-state index contributed by atoms with van der Waals surface area (Å²) in [5.41, 5.74) is 5.40. The van der Waals surface area contributed by atoms with E-state index in [1.807, 2.05) is 38.1 Å². The third-order valence-corrected chi connectivity index (χ3v) is 5.52. The molecule has 0 fully saturated rings. The minimum atomic E-state index is -0.406. The van der Waals surface area contributed by atoms with E-state index in [9.17, 15) is 14.4 Å². The van der Waals surface area contributed by atoms with Gasteiger partial charge in [0.1, 0.15) is 5.76 Å². The number of hydroxylamine groups is 1. The Balaban J connectivity index is 1.73.